The number of ether oxygens (including phenoxy) is 1. The van der Waals surface area contributed by atoms with Crippen LogP contribution in [-0.2, 0) is 9.53 Å². The first-order valence-electron chi connectivity index (χ1n) is 3.19. The van der Waals surface area contributed by atoms with Crippen molar-refractivity contribution in [1.82, 2.24) is 5.32 Å². The lowest BCUT2D eigenvalue weighted by Crippen LogP contribution is -2.40. The fourth-order valence-corrected chi connectivity index (χ4v) is 0.540. The first kappa shape index (κ1) is 9.74. The van der Waals surface area contributed by atoms with Gasteiger partial charge in [-0.25, -0.2) is 9.59 Å². The Bertz CT molecular complexity index is 157. The Hall–Kier alpha value is -1.26. The van der Waals surface area contributed by atoms with Crippen LogP contribution >= 0.6 is 0 Å². The average molecular weight is 161 g/mol. The molecule has 5 nitrogen and oxygen atoms in total. The van der Waals surface area contributed by atoms with Gasteiger partial charge in [-0.1, -0.05) is 6.92 Å². The molecule has 0 saturated carbocycles. The second-order valence-corrected chi connectivity index (χ2v) is 1.93. The summed E-state index contributed by atoms with van der Waals surface area (Å²) < 4.78 is 4.22. The molecule has 0 aromatic rings. The molecule has 0 bridgehead atoms. The lowest BCUT2D eigenvalue weighted by Gasteiger charge is -2.09. The molecule has 64 valence electrons. The summed E-state index contributed by atoms with van der Waals surface area (Å²) in [5, 5.41) is 10.6. The molecule has 5 heteroatoms. The molecule has 0 aromatic heterocycles. The number of carboxylic acid groups (broad SMARTS) is 1. The van der Waals surface area contributed by atoms with Gasteiger partial charge in [0.05, 0.1) is 7.11 Å². The Morgan fingerprint density at radius 3 is 2.45 bits per heavy atom. The topological polar surface area (TPSA) is 75.6 Å². The van der Waals surface area contributed by atoms with Crippen molar-refractivity contribution in [3.8, 4) is 0 Å². The molecule has 11 heavy (non-hydrogen) atoms. The second-order valence-electron chi connectivity index (χ2n) is 1.93. The van der Waals surface area contributed by atoms with Crippen LogP contribution in [0.2, 0.25) is 0 Å². The number of carbonyl (C=O) groups excluding carboxylic acids is 1. The Labute approximate surface area is 64.3 Å². The summed E-state index contributed by atoms with van der Waals surface area (Å²) in [6, 6.07) is -0.859. The van der Waals surface area contributed by atoms with Crippen molar-refractivity contribution in [2.45, 2.75) is 19.4 Å². The number of aliphatic carboxylic acids is 1. The van der Waals surface area contributed by atoms with Gasteiger partial charge < -0.3 is 15.2 Å². The molecule has 0 aliphatic carbocycles. The molecular weight excluding hydrogens is 150 g/mol. The van der Waals surface area contributed by atoms with E-state index in [-0.39, 0.29) is 0 Å². The minimum atomic E-state index is -1.06. The minimum Gasteiger partial charge on any atom is -0.480 e. The number of carboxylic acids is 1. The lowest BCUT2D eigenvalue weighted by atomic mass is 10.2. The molecule has 0 heterocycles. The van der Waals surface area contributed by atoms with Gasteiger partial charge in [0.1, 0.15) is 6.04 Å². The maximum atomic E-state index is 10.5. The summed E-state index contributed by atoms with van der Waals surface area (Å²) in [6.45, 7) is 1.66. The highest BCUT2D eigenvalue weighted by molar-refractivity contribution is 5.79. The minimum absolute atomic E-state index is 0.338. The summed E-state index contributed by atoms with van der Waals surface area (Å²) in [5.74, 6) is -1.06. The fourth-order valence-electron chi connectivity index (χ4n) is 0.540. The van der Waals surface area contributed by atoms with E-state index in [1.54, 1.807) is 6.92 Å². The van der Waals surface area contributed by atoms with Gasteiger partial charge in [0.25, 0.3) is 0 Å². The summed E-state index contributed by atoms with van der Waals surface area (Å²) >= 11 is 0. The van der Waals surface area contributed by atoms with Gasteiger partial charge in [-0.05, 0) is 6.42 Å². The predicted molar refractivity (Wildman–Crippen MR) is 37.3 cm³/mol. The van der Waals surface area contributed by atoms with Crippen molar-refractivity contribution in [2.24, 2.45) is 0 Å². The van der Waals surface area contributed by atoms with E-state index in [1.165, 1.54) is 7.11 Å². The van der Waals surface area contributed by atoms with E-state index < -0.39 is 18.1 Å². The van der Waals surface area contributed by atoms with Crippen LogP contribution < -0.4 is 5.32 Å². The smallest absolute Gasteiger partial charge is 0.407 e. The van der Waals surface area contributed by atoms with Gasteiger partial charge in [0.15, 0.2) is 0 Å². The Morgan fingerprint density at radius 2 is 2.18 bits per heavy atom. The molecule has 1 atom stereocenters. The molecule has 0 saturated heterocycles. The molecular formula is C6H11NO4. The Balaban J connectivity index is 3.88. The fraction of sp³-hybridized carbons (Fsp3) is 0.667. The zero-order valence-electron chi connectivity index (χ0n) is 6.46. The molecule has 0 aliphatic rings. The van der Waals surface area contributed by atoms with Gasteiger partial charge in [-0.2, -0.15) is 0 Å². The molecule has 2 N–H and O–H groups in total. The summed E-state index contributed by atoms with van der Waals surface area (Å²) in [5.41, 5.74) is 0. The largest absolute Gasteiger partial charge is 0.480 e. The van der Waals surface area contributed by atoms with Crippen molar-refractivity contribution in [2.75, 3.05) is 7.11 Å². The predicted octanol–water partition coefficient (Wildman–Crippen LogP) is 0.206. The maximum Gasteiger partial charge on any atom is 0.407 e. The van der Waals surface area contributed by atoms with E-state index in [4.69, 9.17) is 5.11 Å². The number of alkyl carbamates (subject to hydrolysis) is 1. The zero-order chi connectivity index (χ0) is 8.85. The number of methoxy groups -OCH3 is 1. The Morgan fingerprint density at radius 1 is 1.64 bits per heavy atom. The lowest BCUT2D eigenvalue weighted by molar-refractivity contribution is -0.139. The third kappa shape index (κ3) is 3.44. The van der Waals surface area contributed by atoms with Crippen LogP contribution in [-0.4, -0.2) is 30.3 Å². The van der Waals surface area contributed by atoms with E-state index in [9.17, 15) is 9.59 Å². The molecule has 0 unspecified atom stereocenters. The van der Waals surface area contributed by atoms with Gasteiger partial charge in [-0.3, -0.25) is 0 Å². The van der Waals surface area contributed by atoms with Crippen LogP contribution in [0.25, 0.3) is 0 Å². The Kier molecular flexibility index (Phi) is 4.02. The normalized spacial score (nSPS) is 11.8. The molecule has 0 radical (unpaired) electrons. The highest BCUT2D eigenvalue weighted by atomic mass is 16.5. The number of hydrogen-bond acceptors (Lipinski definition) is 3. The van der Waals surface area contributed by atoms with Crippen molar-refractivity contribution < 1.29 is 19.4 Å². The van der Waals surface area contributed by atoms with Gasteiger partial charge in [0.2, 0.25) is 0 Å². The van der Waals surface area contributed by atoms with E-state index >= 15 is 0 Å². The third-order valence-electron chi connectivity index (χ3n) is 1.18. The van der Waals surface area contributed by atoms with Crippen LogP contribution in [0.1, 0.15) is 13.3 Å². The van der Waals surface area contributed by atoms with Crippen molar-refractivity contribution >= 4 is 12.1 Å². The number of amides is 1. The highest BCUT2D eigenvalue weighted by Crippen LogP contribution is 1.90. The third-order valence-corrected chi connectivity index (χ3v) is 1.18. The van der Waals surface area contributed by atoms with Gasteiger partial charge in [0, 0.05) is 0 Å². The zero-order valence-corrected chi connectivity index (χ0v) is 6.46. The van der Waals surface area contributed by atoms with Gasteiger partial charge in [-0.15, -0.1) is 0 Å². The van der Waals surface area contributed by atoms with Crippen molar-refractivity contribution in [3.05, 3.63) is 0 Å². The number of hydrogen-bond donors (Lipinski definition) is 2. The molecule has 0 fully saturated rings. The van der Waals surface area contributed by atoms with E-state index in [0.717, 1.165) is 0 Å². The summed E-state index contributed by atoms with van der Waals surface area (Å²) in [6.07, 6.45) is -0.385. The number of carbonyl (C=O) groups is 2. The molecule has 0 aromatic carbocycles. The molecule has 0 aliphatic heterocycles. The van der Waals surface area contributed by atoms with Crippen LogP contribution in [0.5, 0.6) is 0 Å². The summed E-state index contributed by atoms with van der Waals surface area (Å²) in [4.78, 5) is 20.8. The number of rotatable bonds is 3. The quantitative estimate of drug-likeness (QED) is 0.620. The standard InChI is InChI=1S/C6H11NO4/c1-3-4(5(8)9)7-6(10)11-2/h4H,3H2,1-2H3,(H,7,10)(H,8,9)/t4-/m0/s1. The van der Waals surface area contributed by atoms with E-state index in [0.29, 0.717) is 6.42 Å². The van der Waals surface area contributed by atoms with E-state index in [1.807, 2.05) is 0 Å². The van der Waals surface area contributed by atoms with Crippen LogP contribution in [0.15, 0.2) is 0 Å². The summed E-state index contributed by atoms with van der Waals surface area (Å²) in [7, 11) is 1.18. The first-order chi connectivity index (χ1) is 5.11. The molecule has 1 amide bonds. The van der Waals surface area contributed by atoms with Crippen molar-refractivity contribution in [3.63, 3.8) is 0 Å². The van der Waals surface area contributed by atoms with Crippen LogP contribution in [0.4, 0.5) is 4.79 Å². The van der Waals surface area contributed by atoms with Crippen LogP contribution in [0, 0.1) is 0 Å². The van der Waals surface area contributed by atoms with Crippen molar-refractivity contribution in [1.29, 1.82) is 0 Å². The SMILES string of the molecule is CC[C@H](NC(=O)OC)C(=O)O. The highest BCUT2D eigenvalue weighted by Gasteiger charge is 2.16. The first-order valence-corrected chi connectivity index (χ1v) is 3.19. The molecule has 0 spiro atoms. The number of nitrogens with one attached hydrogen (secondary N) is 1. The van der Waals surface area contributed by atoms with E-state index in [2.05, 4.69) is 10.1 Å². The average Bonchev–Trinajstić information content (AvgIpc) is 1.99. The monoisotopic (exact) mass is 161 g/mol. The van der Waals surface area contributed by atoms with Crippen LogP contribution in [0.3, 0.4) is 0 Å². The molecule has 0 rings (SSSR count). The van der Waals surface area contributed by atoms with Gasteiger partial charge >= 0.3 is 12.1 Å². The second kappa shape index (κ2) is 4.54. The maximum absolute atomic E-state index is 10.5.